The van der Waals surface area contributed by atoms with Gasteiger partial charge in [0.05, 0.1) is 12.2 Å². The fraction of sp³-hybridized carbons (Fsp3) is 0.917. The van der Waals surface area contributed by atoms with Crippen LogP contribution >= 0.6 is 0 Å². The van der Waals surface area contributed by atoms with E-state index in [1.807, 2.05) is 13.8 Å². The number of ether oxygens (including phenoxy) is 1. The second kappa shape index (κ2) is 6.38. The second-order valence-electron chi connectivity index (χ2n) is 5.96. The van der Waals surface area contributed by atoms with Gasteiger partial charge in [-0.25, -0.2) is 0 Å². The van der Waals surface area contributed by atoms with Crippen molar-refractivity contribution in [2.45, 2.75) is 58.3 Å². The van der Waals surface area contributed by atoms with Crippen molar-refractivity contribution in [3.63, 3.8) is 0 Å². The largest absolute Gasteiger partial charge is 0.481 e. The summed E-state index contributed by atoms with van der Waals surface area (Å²) in [5, 5.41) is 8.69. The normalized spacial score (nSPS) is 25.6. The number of nitrogens with one attached hydrogen (secondary N) is 1. The van der Waals surface area contributed by atoms with Crippen molar-refractivity contribution in [2.75, 3.05) is 13.1 Å². The van der Waals surface area contributed by atoms with Crippen LogP contribution in [0.4, 0.5) is 0 Å². The molecular formula is C12H24N2O5S. The molecule has 1 aliphatic rings. The number of carboxylic acid groups (broad SMARTS) is 1. The average Bonchev–Trinajstić information content (AvgIpc) is 2.24. The Morgan fingerprint density at radius 1 is 1.35 bits per heavy atom. The smallest absolute Gasteiger partial charge is 0.303 e. The Balaban J connectivity index is 2.70. The lowest BCUT2D eigenvalue weighted by Crippen LogP contribution is -2.56. The molecule has 7 nitrogen and oxygen atoms in total. The highest BCUT2D eigenvalue weighted by molar-refractivity contribution is 7.87. The lowest BCUT2D eigenvalue weighted by molar-refractivity contribution is -0.137. The third-order valence-electron chi connectivity index (χ3n) is 3.10. The first-order valence-electron chi connectivity index (χ1n) is 6.68. The van der Waals surface area contributed by atoms with Gasteiger partial charge < -0.3 is 9.84 Å². The maximum absolute atomic E-state index is 12.3. The van der Waals surface area contributed by atoms with Crippen molar-refractivity contribution in [3.05, 3.63) is 0 Å². The molecule has 0 aromatic carbocycles. The molecule has 0 saturated carbocycles. The van der Waals surface area contributed by atoms with Gasteiger partial charge in [-0.3, -0.25) is 4.79 Å². The van der Waals surface area contributed by atoms with E-state index in [-0.39, 0.29) is 25.0 Å². The van der Waals surface area contributed by atoms with E-state index in [4.69, 9.17) is 9.84 Å². The molecule has 1 fully saturated rings. The Labute approximate surface area is 120 Å². The van der Waals surface area contributed by atoms with Gasteiger partial charge in [0.2, 0.25) is 0 Å². The highest BCUT2D eigenvalue weighted by Crippen LogP contribution is 2.18. The van der Waals surface area contributed by atoms with Gasteiger partial charge in [0.1, 0.15) is 0 Å². The summed E-state index contributed by atoms with van der Waals surface area (Å²) in [7, 11) is -3.64. The molecule has 2 unspecified atom stereocenters. The maximum atomic E-state index is 12.3. The van der Waals surface area contributed by atoms with Crippen molar-refractivity contribution < 1.29 is 23.1 Å². The van der Waals surface area contributed by atoms with E-state index in [1.165, 1.54) is 4.31 Å². The summed E-state index contributed by atoms with van der Waals surface area (Å²) >= 11 is 0. The minimum absolute atomic E-state index is 0.0779. The first-order valence-corrected chi connectivity index (χ1v) is 8.12. The van der Waals surface area contributed by atoms with Crippen molar-refractivity contribution >= 4 is 16.2 Å². The number of hydrogen-bond acceptors (Lipinski definition) is 4. The van der Waals surface area contributed by atoms with Gasteiger partial charge >= 0.3 is 5.97 Å². The fourth-order valence-electron chi connectivity index (χ4n) is 2.21. The van der Waals surface area contributed by atoms with Crippen LogP contribution in [-0.2, 0) is 19.7 Å². The van der Waals surface area contributed by atoms with Crippen molar-refractivity contribution in [3.8, 4) is 0 Å². The van der Waals surface area contributed by atoms with Gasteiger partial charge in [-0.1, -0.05) is 0 Å². The molecule has 118 valence electrons. The molecule has 0 radical (unpaired) electrons. The quantitative estimate of drug-likeness (QED) is 0.748. The molecule has 2 N–H and O–H groups in total. The minimum atomic E-state index is -3.64. The Bertz CT molecular complexity index is 439. The van der Waals surface area contributed by atoms with E-state index in [2.05, 4.69) is 4.72 Å². The summed E-state index contributed by atoms with van der Waals surface area (Å²) in [6.45, 7) is 7.62. The standard InChI is InChI=1S/C12H24N2O5S/c1-9-7-14(8-10(2)19-9)20(17,18)13-12(3,4)6-5-11(15)16/h9-10,13H,5-8H2,1-4H3,(H,15,16). The summed E-state index contributed by atoms with van der Waals surface area (Å²) in [4.78, 5) is 10.6. The second-order valence-corrected chi connectivity index (χ2v) is 7.63. The summed E-state index contributed by atoms with van der Waals surface area (Å²) in [5.74, 6) is -0.939. The van der Waals surface area contributed by atoms with Crippen LogP contribution in [0.1, 0.15) is 40.5 Å². The molecule has 0 spiro atoms. The summed E-state index contributed by atoms with van der Waals surface area (Å²) < 4.78 is 34.1. The molecule has 0 bridgehead atoms. The van der Waals surface area contributed by atoms with Crippen molar-refractivity contribution in [2.24, 2.45) is 0 Å². The van der Waals surface area contributed by atoms with Crippen LogP contribution < -0.4 is 4.72 Å². The number of aliphatic carboxylic acids is 1. The topological polar surface area (TPSA) is 95.9 Å². The predicted molar refractivity (Wildman–Crippen MR) is 74.6 cm³/mol. The molecule has 0 amide bonds. The maximum Gasteiger partial charge on any atom is 0.303 e. The lowest BCUT2D eigenvalue weighted by atomic mass is 10.0. The van der Waals surface area contributed by atoms with E-state index in [9.17, 15) is 13.2 Å². The third-order valence-corrected chi connectivity index (χ3v) is 4.88. The highest BCUT2D eigenvalue weighted by atomic mass is 32.2. The van der Waals surface area contributed by atoms with Gasteiger partial charge in [-0.05, 0) is 34.1 Å². The molecule has 0 aliphatic carbocycles. The number of carboxylic acids is 1. The van der Waals surface area contributed by atoms with E-state index in [0.29, 0.717) is 13.1 Å². The van der Waals surface area contributed by atoms with Crippen LogP contribution in [0.5, 0.6) is 0 Å². The fourth-order valence-corrected chi connectivity index (χ4v) is 3.95. The molecule has 8 heteroatoms. The molecule has 1 heterocycles. The highest BCUT2D eigenvalue weighted by Gasteiger charge is 2.34. The molecule has 20 heavy (non-hydrogen) atoms. The van der Waals surface area contributed by atoms with Crippen LogP contribution in [0.15, 0.2) is 0 Å². The van der Waals surface area contributed by atoms with E-state index < -0.39 is 21.7 Å². The molecule has 1 aliphatic heterocycles. The van der Waals surface area contributed by atoms with Gasteiger partial charge in [0.25, 0.3) is 10.2 Å². The van der Waals surface area contributed by atoms with Gasteiger partial charge in [-0.15, -0.1) is 0 Å². The third kappa shape index (κ3) is 5.35. The zero-order chi connectivity index (χ0) is 15.6. The summed E-state index contributed by atoms with van der Waals surface area (Å²) in [6.07, 6.45) is -0.155. The van der Waals surface area contributed by atoms with E-state index in [0.717, 1.165) is 0 Å². The number of hydrogen-bond donors (Lipinski definition) is 2. The number of nitrogens with zero attached hydrogens (tertiary/aromatic N) is 1. The van der Waals surface area contributed by atoms with Crippen molar-refractivity contribution in [1.29, 1.82) is 0 Å². The first-order chi connectivity index (χ1) is 9.02. The number of rotatable bonds is 6. The molecule has 0 aromatic heterocycles. The van der Waals surface area contributed by atoms with Gasteiger partial charge in [-0.2, -0.15) is 17.4 Å². The van der Waals surface area contributed by atoms with Crippen LogP contribution in [0.3, 0.4) is 0 Å². The monoisotopic (exact) mass is 308 g/mol. The van der Waals surface area contributed by atoms with E-state index in [1.54, 1.807) is 13.8 Å². The zero-order valence-corrected chi connectivity index (χ0v) is 13.2. The number of carbonyl (C=O) groups is 1. The lowest BCUT2D eigenvalue weighted by Gasteiger charge is -2.36. The van der Waals surface area contributed by atoms with E-state index >= 15 is 0 Å². The number of morpholine rings is 1. The Morgan fingerprint density at radius 2 is 1.85 bits per heavy atom. The molecule has 2 atom stereocenters. The Morgan fingerprint density at radius 3 is 2.30 bits per heavy atom. The van der Waals surface area contributed by atoms with Crippen LogP contribution in [0.2, 0.25) is 0 Å². The molecule has 1 saturated heterocycles. The Kier molecular flexibility index (Phi) is 5.54. The summed E-state index contributed by atoms with van der Waals surface area (Å²) in [6, 6.07) is 0. The average molecular weight is 308 g/mol. The molecular weight excluding hydrogens is 284 g/mol. The minimum Gasteiger partial charge on any atom is -0.481 e. The zero-order valence-electron chi connectivity index (χ0n) is 12.4. The van der Waals surface area contributed by atoms with Crippen LogP contribution in [-0.4, -0.2) is 54.6 Å². The van der Waals surface area contributed by atoms with Gasteiger partial charge in [0, 0.05) is 25.0 Å². The molecule has 0 aromatic rings. The van der Waals surface area contributed by atoms with Crippen LogP contribution in [0, 0.1) is 0 Å². The molecule has 1 rings (SSSR count). The predicted octanol–water partition coefficient (Wildman–Crippen LogP) is 0.573. The summed E-state index contributed by atoms with van der Waals surface area (Å²) in [5.41, 5.74) is -0.804. The Hall–Kier alpha value is -0.700. The van der Waals surface area contributed by atoms with Gasteiger partial charge in [0.15, 0.2) is 0 Å². The van der Waals surface area contributed by atoms with Crippen molar-refractivity contribution in [1.82, 2.24) is 9.03 Å². The van der Waals surface area contributed by atoms with Crippen LogP contribution in [0.25, 0.3) is 0 Å². The first kappa shape index (κ1) is 17.4. The SMILES string of the molecule is CC1CN(S(=O)(=O)NC(C)(C)CCC(=O)O)CC(C)O1.